The smallest absolute Gasteiger partial charge is 0.161 e. The number of rotatable bonds is 4. The molecule has 0 aliphatic heterocycles. The predicted octanol–water partition coefficient (Wildman–Crippen LogP) is 2.42. The van der Waals surface area contributed by atoms with E-state index in [4.69, 9.17) is 22.5 Å². The lowest BCUT2D eigenvalue weighted by atomic mass is 10.2. The van der Waals surface area contributed by atoms with E-state index in [1.165, 1.54) is 12.1 Å². The Labute approximate surface area is 97.9 Å². The van der Waals surface area contributed by atoms with Gasteiger partial charge in [-0.1, -0.05) is 23.7 Å². The van der Waals surface area contributed by atoms with E-state index >= 15 is 0 Å². The van der Waals surface area contributed by atoms with Crippen LogP contribution >= 0.6 is 11.6 Å². The Morgan fingerprint density at radius 2 is 2.38 bits per heavy atom. The number of benzene rings is 1. The number of oxime groups is 1. The van der Waals surface area contributed by atoms with Gasteiger partial charge in [0.2, 0.25) is 0 Å². The molecule has 0 amide bonds. The predicted molar refractivity (Wildman–Crippen MR) is 62.5 cm³/mol. The average Bonchev–Trinajstić information content (AvgIpc) is 2.27. The number of hydrogen-bond acceptors (Lipinski definition) is 3. The van der Waals surface area contributed by atoms with E-state index in [1.807, 2.05) is 6.92 Å². The van der Waals surface area contributed by atoms with Crippen LogP contribution in [0.3, 0.4) is 0 Å². The molecule has 1 unspecified atom stereocenters. The fourth-order valence-corrected chi connectivity index (χ4v) is 1.41. The quantitative estimate of drug-likeness (QED) is 0.330. The summed E-state index contributed by atoms with van der Waals surface area (Å²) in [5.41, 5.74) is 5.71. The van der Waals surface area contributed by atoms with E-state index in [9.17, 15) is 4.39 Å². The molecule has 0 aromatic heterocycles. The number of anilines is 1. The van der Waals surface area contributed by atoms with Gasteiger partial charge in [0.1, 0.15) is 5.82 Å². The first kappa shape index (κ1) is 12.6. The first-order valence-electron chi connectivity index (χ1n) is 4.77. The monoisotopic (exact) mass is 245 g/mol. The van der Waals surface area contributed by atoms with Crippen LogP contribution in [-0.2, 0) is 0 Å². The van der Waals surface area contributed by atoms with E-state index in [-0.39, 0.29) is 11.5 Å². The molecule has 1 aromatic carbocycles. The van der Waals surface area contributed by atoms with Crippen molar-refractivity contribution in [2.45, 2.75) is 19.4 Å². The fraction of sp³-hybridized carbons (Fsp3) is 0.300. The molecule has 4 N–H and O–H groups in total. The van der Waals surface area contributed by atoms with Crippen LogP contribution in [0.2, 0.25) is 5.02 Å². The molecule has 1 atom stereocenters. The van der Waals surface area contributed by atoms with E-state index in [0.29, 0.717) is 11.4 Å². The summed E-state index contributed by atoms with van der Waals surface area (Å²) in [5, 5.41) is 14.6. The van der Waals surface area contributed by atoms with Crippen molar-refractivity contribution in [1.82, 2.24) is 0 Å². The summed E-state index contributed by atoms with van der Waals surface area (Å²) in [6.07, 6.45) is 0.567. The van der Waals surface area contributed by atoms with Gasteiger partial charge < -0.3 is 16.3 Å². The molecule has 0 spiro atoms. The van der Waals surface area contributed by atoms with Gasteiger partial charge in [-0.15, -0.1) is 0 Å². The molecule has 88 valence electrons. The number of nitrogens with two attached hydrogens (primary N) is 1. The highest BCUT2D eigenvalue weighted by Crippen LogP contribution is 2.20. The number of nitrogens with one attached hydrogen (secondary N) is 1. The number of hydrogen-bond donors (Lipinski definition) is 3. The van der Waals surface area contributed by atoms with Gasteiger partial charge in [0.15, 0.2) is 5.84 Å². The average molecular weight is 246 g/mol. The summed E-state index contributed by atoms with van der Waals surface area (Å²) in [5.74, 6) is -0.464. The first-order chi connectivity index (χ1) is 7.58. The minimum atomic E-state index is -0.475. The molecule has 0 aliphatic carbocycles. The Morgan fingerprint density at radius 1 is 1.69 bits per heavy atom. The van der Waals surface area contributed by atoms with Gasteiger partial charge in [-0.05, 0) is 24.6 Å². The normalized spacial score (nSPS) is 13.6. The van der Waals surface area contributed by atoms with Gasteiger partial charge in [-0.3, -0.25) is 0 Å². The third-order valence-electron chi connectivity index (χ3n) is 2.14. The maximum absolute atomic E-state index is 13.4. The van der Waals surface area contributed by atoms with Crippen LogP contribution in [0.25, 0.3) is 0 Å². The van der Waals surface area contributed by atoms with Crippen molar-refractivity contribution in [1.29, 1.82) is 0 Å². The standard InChI is InChI=1S/C10H13ClFN3O/c1-2-8(10(13)15-16)14-9-4-3-6(11)5-7(9)12/h3-5,8,14,16H,2H2,1H3,(H2,13,15). The minimum absolute atomic E-state index is 0.0110. The number of nitrogens with zero attached hydrogens (tertiary/aromatic N) is 1. The third-order valence-corrected chi connectivity index (χ3v) is 2.38. The number of halogens is 2. The summed E-state index contributed by atoms with van der Waals surface area (Å²) in [6, 6.07) is 3.85. The van der Waals surface area contributed by atoms with Gasteiger partial charge in [-0.25, -0.2) is 4.39 Å². The van der Waals surface area contributed by atoms with E-state index in [1.54, 1.807) is 6.07 Å². The zero-order chi connectivity index (χ0) is 12.1. The molecule has 6 heteroatoms. The van der Waals surface area contributed by atoms with E-state index in [2.05, 4.69) is 10.5 Å². The third kappa shape index (κ3) is 3.00. The van der Waals surface area contributed by atoms with Crippen LogP contribution < -0.4 is 11.1 Å². The molecule has 0 bridgehead atoms. The van der Waals surface area contributed by atoms with Crippen molar-refractivity contribution in [2.75, 3.05) is 5.32 Å². The van der Waals surface area contributed by atoms with Crippen LogP contribution in [0, 0.1) is 5.82 Å². The summed E-state index contributed by atoms with van der Waals surface area (Å²) in [6.45, 7) is 1.84. The Kier molecular flexibility index (Phi) is 4.37. The minimum Gasteiger partial charge on any atom is -0.409 e. The van der Waals surface area contributed by atoms with Crippen molar-refractivity contribution < 1.29 is 9.60 Å². The second kappa shape index (κ2) is 5.55. The zero-order valence-corrected chi connectivity index (χ0v) is 9.50. The Morgan fingerprint density at radius 3 is 2.88 bits per heavy atom. The molecule has 4 nitrogen and oxygen atoms in total. The maximum Gasteiger partial charge on any atom is 0.161 e. The highest BCUT2D eigenvalue weighted by molar-refractivity contribution is 6.30. The molecule has 1 aromatic rings. The molecule has 16 heavy (non-hydrogen) atoms. The highest BCUT2D eigenvalue weighted by atomic mass is 35.5. The fourth-order valence-electron chi connectivity index (χ4n) is 1.25. The van der Waals surface area contributed by atoms with Crippen molar-refractivity contribution in [3.63, 3.8) is 0 Å². The molecular weight excluding hydrogens is 233 g/mol. The van der Waals surface area contributed by atoms with Gasteiger partial charge in [0.05, 0.1) is 11.7 Å². The molecule has 0 fully saturated rings. The lowest BCUT2D eigenvalue weighted by Crippen LogP contribution is -2.35. The van der Waals surface area contributed by atoms with E-state index < -0.39 is 11.9 Å². The van der Waals surface area contributed by atoms with Crippen LogP contribution in [0.5, 0.6) is 0 Å². The molecule has 0 radical (unpaired) electrons. The van der Waals surface area contributed by atoms with Gasteiger partial charge in [0.25, 0.3) is 0 Å². The molecule has 0 aliphatic rings. The molecule has 0 saturated carbocycles. The Bertz CT molecular complexity index is 398. The lowest BCUT2D eigenvalue weighted by molar-refractivity contribution is 0.316. The van der Waals surface area contributed by atoms with E-state index in [0.717, 1.165) is 0 Å². The highest BCUT2D eigenvalue weighted by Gasteiger charge is 2.13. The van der Waals surface area contributed by atoms with Gasteiger partial charge in [0, 0.05) is 5.02 Å². The maximum atomic E-state index is 13.4. The molecule has 1 rings (SSSR count). The molecular formula is C10H13ClFN3O. The van der Waals surface area contributed by atoms with Crippen molar-refractivity contribution in [3.05, 3.63) is 29.0 Å². The van der Waals surface area contributed by atoms with Crippen molar-refractivity contribution >= 4 is 23.1 Å². The van der Waals surface area contributed by atoms with Crippen LogP contribution in [-0.4, -0.2) is 17.1 Å². The SMILES string of the molecule is CCC(Nc1ccc(Cl)cc1F)C(N)=NO. The topological polar surface area (TPSA) is 70.6 Å². The van der Waals surface area contributed by atoms with Crippen molar-refractivity contribution in [2.24, 2.45) is 10.9 Å². The lowest BCUT2D eigenvalue weighted by Gasteiger charge is -2.17. The summed E-state index contributed by atoms with van der Waals surface area (Å²) >= 11 is 5.62. The zero-order valence-electron chi connectivity index (χ0n) is 8.74. The summed E-state index contributed by atoms with van der Waals surface area (Å²) in [4.78, 5) is 0. The second-order valence-electron chi connectivity index (χ2n) is 3.25. The summed E-state index contributed by atoms with van der Waals surface area (Å²) < 4.78 is 13.4. The van der Waals surface area contributed by atoms with Gasteiger partial charge >= 0.3 is 0 Å². The second-order valence-corrected chi connectivity index (χ2v) is 3.69. The number of amidine groups is 1. The van der Waals surface area contributed by atoms with Crippen LogP contribution in [0.1, 0.15) is 13.3 Å². The van der Waals surface area contributed by atoms with Crippen LogP contribution in [0.4, 0.5) is 10.1 Å². The first-order valence-corrected chi connectivity index (χ1v) is 5.15. The largest absolute Gasteiger partial charge is 0.409 e. The Hall–Kier alpha value is -1.49. The Balaban J connectivity index is 2.86. The molecule has 0 saturated heterocycles. The van der Waals surface area contributed by atoms with Crippen molar-refractivity contribution in [3.8, 4) is 0 Å². The van der Waals surface area contributed by atoms with Gasteiger partial charge in [-0.2, -0.15) is 0 Å². The summed E-state index contributed by atoms with van der Waals surface area (Å²) in [7, 11) is 0. The van der Waals surface area contributed by atoms with Crippen LogP contribution in [0.15, 0.2) is 23.4 Å². The molecule has 0 heterocycles.